The molecule has 0 heterocycles. The summed E-state index contributed by atoms with van der Waals surface area (Å²) in [7, 11) is 0. The molecular weight excluding hydrogens is 288 g/mol. The van der Waals surface area contributed by atoms with E-state index in [1.165, 1.54) is 0 Å². The van der Waals surface area contributed by atoms with Crippen LogP contribution >= 0.6 is 0 Å². The number of carbonyl (C=O) groups is 2. The van der Waals surface area contributed by atoms with Crippen molar-refractivity contribution in [2.75, 3.05) is 6.61 Å². The molecule has 3 N–H and O–H groups in total. The molecule has 0 amide bonds. The van der Waals surface area contributed by atoms with Crippen LogP contribution in [0.15, 0.2) is 0 Å². The zero-order valence-electron chi connectivity index (χ0n) is 13.2. The molecule has 2 saturated carbocycles. The summed E-state index contributed by atoms with van der Waals surface area (Å²) in [5, 5.41) is 26.7. The van der Waals surface area contributed by atoms with E-state index in [1.54, 1.807) is 0 Å². The Balaban J connectivity index is 0.000000224. The standard InChI is InChI=1S/C9H16O3.C7H12O3/c1-2-12-9(11)7-3-5-8(10)6-4-7;8-6-3-1-5(2-4-6)7(9)10/h7-8,10H,2-6H2,1H3;5-6,8H,1-4H2,(H,9,10). The molecule has 2 fully saturated rings. The van der Waals surface area contributed by atoms with Gasteiger partial charge in [-0.15, -0.1) is 0 Å². The Hall–Kier alpha value is -1.14. The third kappa shape index (κ3) is 6.75. The fourth-order valence-electron chi connectivity index (χ4n) is 2.89. The van der Waals surface area contributed by atoms with Gasteiger partial charge in [0.15, 0.2) is 0 Å². The average Bonchev–Trinajstić information content (AvgIpc) is 2.49. The van der Waals surface area contributed by atoms with Crippen molar-refractivity contribution < 1.29 is 29.6 Å². The summed E-state index contributed by atoms with van der Waals surface area (Å²) in [6.45, 7) is 2.27. The first kappa shape index (κ1) is 18.9. The summed E-state index contributed by atoms with van der Waals surface area (Å²) in [6, 6.07) is 0. The molecule has 2 rings (SSSR count). The molecule has 6 nitrogen and oxygen atoms in total. The maximum absolute atomic E-state index is 11.2. The third-order valence-corrected chi connectivity index (χ3v) is 4.36. The molecule has 0 aromatic carbocycles. The predicted molar refractivity (Wildman–Crippen MR) is 80.2 cm³/mol. The van der Waals surface area contributed by atoms with E-state index in [4.69, 9.17) is 14.9 Å². The van der Waals surface area contributed by atoms with Crippen molar-refractivity contribution in [2.24, 2.45) is 11.8 Å². The van der Waals surface area contributed by atoms with E-state index in [2.05, 4.69) is 0 Å². The lowest BCUT2D eigenvalue weighted by Gasteiger charge is -2.23. The van der Waals surface area contributed by atoms with Gasteiger partial charge in [-0.05, 0) is 58.3 Å². The highest BCUT2D eigenvalue weighted by Gasteiger charge is 2.26. The first-order valence-corrected chi connectivity index (χ1v) is 8.19. The molecule has 128 valence electrons. The number of rotatable bonds is 3. The minimum absolute atomic E-state index is 0.0355. The average molecular weight is 316 g/mol. The summed E-state index contributed by atoms with van der Waals surface area (Å²) in [5.41, 5.74) is 0. The van der Waals surface area contributed by atoms with Gasteiger partial charge in [-0.1, -0.05) is 0 Å². The summed E-state index contributed by atoms with van der Waals surface area (Å²) >= 11 is 0. The highest BCUT2D eigenvalue weighted by molar-refractivity contribution is 5.72. The smallest absolute Gasteiger partial charge is 0.308 e. The van der Waals surface area contributed by atoms with E-state index in [0.717, 1.165) is 25.7 Å². The molecule has 22 heavy (non-hydrogen) atoms. The molecule has 0 bridgehead atoms. The van der Waals surface area contributed by atoms with Crippen LogP contribution in [0, 0.1) is 11.8 Å². The van der Waals surface area contributed by atoms with Crippen LogP contribution in [0.3, 0.4) is 0 Å². The van der Waals surface area contributed by atoms with Crippen molar-refractivity contribution >= 4 is 11.9 Å². The van der Waals surface area contributed by atoms with E-state index in [-0.39, 0.29) is 30.0 Å². The molecule has 2 aliphatic rings. The molecule has 2 aliphatic carbocycles. The van der Waals surface area contributed by atoms with Gasteiger partial charge in [0, 0.05) is 0 Å². The van der Waals surface area contributed by atoms with E-state index in [1.807, 2.05) is 6.92 Å². The van der Waals surface area contributed by atoms with Crippen molar-refractivity contribution in [1.29, 1.82) is 0 Å². The van der Waals surface area contributed by atoms with E-state index in [0.29, 0.717) is 32.3 Å². The van der Waals surface area contributed by atoms with Gasteiger partial charge in [0.2, 0.25) is 0 Å². The van der Waals surface area contributed by atoms with Crippen molar-refractivity contribution in [3.05, 3.63) is 0 Å². The molecule has 0 aromatic heterocycles. The van der Waals surface area contributed by atoms with Gasteiger partial charge < -0.3 is 20.1 Å². The second kappa shape index (κ2) is 9.79. The number of carbonyl (C=O) groups excluding carboxylic acids is 1. The highest BCUT2D eigenvalue weighted by atomic mass is 16.5. The molecule has 0 unspecified atom stereocenters. The van der Waals surface area contributed by atoms with Gasteiger partial charge >= 0.3 is 11.9 Å². The Morgan fingerprint density at radius 2 is 1.27 bits per heavy atom. The largest absolute Gasteiger partial charge is 0.481 e. The van der Waals surface area contributed by atoms with Gasteiger partial charge in [-0.25, -0.2) is 0 Å². The lowest BCUT2D eigenvalue weighted by molar-refractivity contribution is -0.149. The molecule has 0 atom stereocenters. The van der Waals surface area contributed by atoms with Crippen molar-refractivity contribution in [2.45, 2.75) is 70.5 Å². The zero-order valence-corrected chi connectivity index (χ0v) is 13.2. The summed E-state index contributed by atoms with van der Waals surface area (Å²) in [4.78, 5) is 21.6. The number of esters is 1. The molecular formula is C16H28O6. The van der Waals surface area contributed by atoms with Gasteiger partial charge in [-0.3, -0.25) is 9.59 Å². The number of ether oxygens (including phenoxy) is 1. The topological polar surface area (TPSA) is 104 Å². The second-order valence-corrected chi connectivity index (χ2v) is 6.10. The van der Waals surface area contributed by atoms with Crippen LogP contribution in [0.2, 0.25) is 0 Å². The lowest BCUT2D eigenvalue weighted by Crippen LogP contribution is -2.25. The molecule has 0 aromatic rings. The lowest BCUT2D eigenvalue weighted by atomic mass is 9.88. The Morgan fingerprint density at radius 1 is 0.864 bits per heavy atom. The van der Waals surface area contributed by atoms with E-state index >= 15 is 0 Å². The monoisotopic (exact) mass is 316 g/mol. The third-order valence-electron chi connectivity index (χ3n) is 4.36. The fraction of sp³-hybridized carbons (Fsp3) is 0.875. The molecule has 0 radical (unpaired) electrons. The maximum Gasteiger partial charge on any atom is 0.308 e. The zero-order chi connectivity index (χ0) is 16.5. The Bertz CT molecular complexity index is 341. The number of hydrogen-bond acceptors (Lipinski definition) is 5. The fourth-order valence-corrected chi connectivity index (χ4v) is 2.89. The Morgan fingerprint density at radius 3 is 1.64 bits per heavy atom. The number of carboxylic acid groups (broad SMARTS) is 1. The molecule has 0 spiro atoms. The SMILES string of the molecule is CCOC(=O)C1CCC(O)CC1.O=C(O)C1CCC(O)CC1. The second-order valence-electron chi connectivity index (χ2n) is 6.10. The predicted octanol–water partition coefficient (Wildman–Crippen LogP) is 1.72. The van der Waals surface area contributed by atoms with Gasteiger partial charge in [0.1, 0.15) is 0 Å². The van der Waals surface area contributed by atoms with Crippen LogP contribution in [-0.4, -0.2) is 46.1 Å². The number of carboxylic acids is 1. The van der Waals surface area contributed by atoms with E-state index in [9.17, 15) is 14.7 Å². The highest BCUT2D eigenvalue weighted by Crippen LogP contribution is 2.25. The Kier molecular flexibility index (Phi) is 8.42. The van der Waals surface area contributed by atoms with E-state index < -0.39 is 5.97 Å². The number of hydrogen-bond donors (Lipinski definition) is 3. The van der Waals surface area contributed by atoms with Gasteiger partial charge in [-0.2, -0.15) is 0 Å². The number of aliphatic carboxylic acids is 1. The van der Waals surface area contributed by atoms with Gasteiger partial charge in [0.25, 0.3) is 0 Å². The van der Waals surface area contributed by atoms with Crippen LogP contribution < -0.4 is 0 Å². The number of aliphatic hydroxyl groups excluding tert-OH is 2. The van der Waals surface area contributed by atoms with Crippen LogP contribution in [0.4, 0.5) is 0 Å². The molecule has 6 heteroatoms. The number of aliphatic hydroxyl groups is 2. The quantitative estimate of drug-likeness (QED) is 0.685. The normalized spacial score (nSPS) is 31.6. The molecule has 0 saturated heterocycles. The molecule has 0 aliphatic heterocycles. The first-order chi connectivity index (χ1) is 10.4. The van der Waals surface area contributed by atoms with Gasteiger partial charge in [0.05, 0.1) is 30.7 Å². The van der Waals surface area contributed by atoms with Crippen LogP contribution in [-0.2, 0) is 14.3 Å². The minimum Gasteiger partial charge on any atom is -0.481 e. The summed E-state index contributed by atoms with van der Waals surface area (Å²) < 4.78 is 4.90. The van der Waals surface area contributed by atoms with Crippen LogP contribution in [0.1, 0.15) is 58.3 Å². The summed E-state index contributed by atoms with van der Waals surface area (Å²) in [5.74, 6) is -0.979. The van der Waals surface area contributed by atoms with Crippen molar-refractivity contribution in [3.8, 4) is 0 Å². The maximum atomic E-state index is 11.2. The van der Waals surface area contributed by atoms with Crippen LogP contribution in [0.25, 0.3) is 0 Å². The van der Waals surface area contributed by atoms with Crippen molar-refractivity contribution in [3.63, 3.8) is 0 Å². The first-order valence-electron chi connectivity index (χ1n) is 8.19. The summed E-state index contributed by atoms with van der Waals surface area (Å²) in [6.07, 6.45) is 5.15. The minimum atomic E-state index is -0.716. The van der Waals surface area contributed by atoms with Crippen molar-refractivity contribution in [1.82, 2.24) is 0 Å². The van der Waals surface area contributed by atoms with Crippen LogP contribution in [0.5, 0.6) is 0 Å². The Labute approximate surface area is 131 Å².